The summed E-state index contributed by atoms with van der Waals surface area (Å²) in [7, 11) is 0. The normalized spacial score (nSPS) is 15.7. The lowest BCUT2D eigenvalue weighted by molar-refractivity contribution is -0.128. The van der Waals surface area contributed by atoms with Gasteiger partial charge >= 0.3 is 0 Å². The molecule has 0 saturated heterocycles. The van der Waals surface area contributed by atoms with Gasteiger partial charge in [-0.25, -0.2) is 0 Å². The van der Waals surface area contributed by atoms with Crippen LogP contribution < -0.4 is 21.7 Å². The largest absolute Gasteiger partial charge is 0.366 e. The summed E-state index contributed by atoms with van der Waals surface area (Å²) < 4.78 is 0. The van der Waals surface area contributed by atoms with Crippen molar-refractivity contribution in [2.75, 3.05) is 4.90 Å². The van der Waals surface area contributed by atoms with Crippen LogP contribution in [0.3, 0.4) is 0 Å². The first-order valence-corrected chi connectivity index (χ1v) is 12.1. The Bertz CT molecular complexity index is 1280. The molecule has 1 aliphatic rings. The van der Waals surface area contributed by atoms with Crippen molar-refractivity contribution < 1.29 is 14.4 Å². The number of rotatable bonds is 7. The number of primary amides is 1. The molecule has 36 heavy (non-hydrogen) atoms. The SMILES string of the molecule is CC(C)(N)CC(=O)N[C@@H]1CCc2ccccc2N(Cc2ccc(-c3ccccc3C(N)=O)cc2)C1=O. The van der Waals surface area contributed by atoms with Gasteiger partial charge in [-0.1, -0.05) is 60.7 Å². The minimum absolute atomic E-state index is 0.137. The molecule has 1 atom stereocenters. The van der Waals surface area contributed by atoms with Crippen molar-refractivity contribution in [2.24, 2.45) is 11.5 Å². The van der Waals surface area contributed by atoms with Crippen LogP contribution in [0.4, 0.5) is 5.69 Å². The van der Waals surface area contributed by atoms with Gasteiger partial charge in [-0.05, 0) is 61.1 Å². The third-order valence-corrected chi connectivity index (χ3v) is 6.30. The van der Waals surface area contributed by atoms with Crippen LogP contribution in [-0.2, 0) is 22.6 Å². The second-order valence-corrected chi connectivity index (χ2v) is 9.98. The van der Waals surface area contributed by atoms with E-state index < -0.39 is 17.5 Å². The molecule has 0 aliphatic carbocycles. The van der Waals surface area contributed by atoms with E-state index in [1.807, 2.05) is 60.7 Å². The monoisotopic (exact) mass is 484 g/mol. The lowest BCUT2D eigenvalue weighted by Gasteiger charge is -2.27. The maximum Gasteiger partial charge on any atom is 0.249 e. The van der Waals surface area contributed by atoms with E-state index in [0.29, 0.717) is 24.9 Å². The summed E-state index contributed by atoms with van der Waals surface area (Å²) in [6.07, 6.45) is 1.34. The zero-order valence-corrected chi connectivity index (χ0v) is 20.7. The summed E-state index contributed by atoms with van der Waals surface area (Å²) >= 11 is 0. The Morgan fingerprint density at radius 2 is 1.67 bits per heavy atom. The van der Waals surface area contributed by atoms with E-state index in [2.05, 4.69) is 5.32 Å². The fourth-order valence-electron chi connectivity index (χ4n) is 4.59. The molecule has 5 N–H and O–H groups in total. The molecule has 1 heterocycles. The van der Waals surface area contributed by atoms with Crippen molar-refractivity contribution in [2.45, 2.75) is 51.2 Å². The molecule has 0 fully saturated rings. The number of hydrogen-bond donors (Lipinski definition) is 3. The van der Waals surface area contributed by atoms with E-state index >= 15 is 0 Å². The van der Waals surface area contributed by atoms with Crippen molar-refractivity contribution in [1.29, 1.82) is 0 Å². The Balaban J connectivity index is 1.59. The van der Waals surface area contributed by atoms with E-state index in [4.69, 9.17) is 11.5 Å². The molecule has 0 aromatic heterocycles. The summed E-state index contributed by atoms with van der Waals surface area (Å²) in [5.74, 6) is -0.858. The minimum atomic E-state index is -0.657. The van der Waals surface area contributed by atoms with Crippen LogP contribution in [0.2, 0.25) is 0 Å². The van der Waals surface area contributed by atoms with Crippen LogP contribution >= 0.6 is 0 Å². The van der Waals surface area contributed by atoms with Crippen molar-refractivity contribution in [3.8, 4) is 11.1 Å². The number of carbonyl (C=O) groups excluding carboxylic acids is 3. The van der Waals surface area contributed by atoms with Crippen LogP contribution in [-0.4, -0.2) is 29.3 Å². The Labute approximate surface area is 211 Å². The van der Waals surface area contributed by atoms with Crippen LogP contribution in [0.5, 0.6) is 0 Å². The quantitative estimate of drug-likeness (QED) is 0.475. The molecule has 0 spiro atoms. The number of nitrogens with one attached hydrogen (secondary N) is 1. The van der Waals surface area contributed by atoms with Crippen LogP contribution in [0.1, 0.15) is 48.2 Å². The zero-order chi connectivity index (χ0) is 25.9. The zero-order valence-electron chi connectivity index (χ0n) is 20.7. The molecule has 0 bridgehead atoms. The van der Waals surface area contributed by atoms with Crippen molar-refractivity contribution in [3.05, 3.63) is 89.5 Å². The Morgan fingerprint density at radius 1 is 1.00 bits per heavy atom. The highest BCUT2D eigenvalue weighted by Crippen LogP contribution is 2.30. The summed E-state index contributed by atoms with van der Waals surface area (Å²) in [4.78, 5) is 39.8. The van der Waals surface area contributed by atoms with Gasteiger partial charge in [0.2, 0.25) is 17.7 Å². The molecule has 186 valence electrons. The van der Waals surface area contributed by atoms with Gasteiger partial charge in [0.1, 0.15) is 6.04 Å². The molecule has 0 unspecified atom stereocenters. The number of amides is 3. The van der Waals surface area contributed by atoms with E-state index in [1.165, 1.54) is 0 Å². The predicted molar refractivity (Wildman–Crippen MR) is 141 cm³/mol. The van der Waals surface area contributed by atoms with Gasteiger partial charge < -0.3 is 21.7 Å². The van der Waals surface area contributed by atoms with Crippen molar-refractivity contribution in [3.63, 3.8) is 0 Å². The lowest BCUT2D eigenvalue weighted by Crippen LogP contribution is -2.49. The molecule has 3 amide bonds. The number of para-hydroxylation sites is 1. The number of benzene rings is 3. The minimum Gasteiger partial charge on any atom is -0.366 e. The first-order chi connectivity index (χ1) is 17.1. The van der Waals surface area contributed by atoms with E-state index in [-0.39, 0.29) is 18.2 Å². The number of nitrogens with two attached hydrogens (primary N) is 2. The van der Waals surface area contributed by atoms with Gasteiger partial charge in [0, 0.05) is 23.2 Å². The van der Waals surface area contributed by atoms with Crippen LogP contribution in [0, 0.1) is 0 Å². The summed E-state index contributed by atoms with van der Waals surface area (Å²) in [5.41, 5.74) is 15.8. The highest BCUT2D eigenvalue weighted by Gasteiger charge is 2.32. The first-order valence-electron chi connectivity index (χ1n) is 12.1. The molecule has 0 radical (unpaired) electrons. The van der Waals surface area contributed by atoms with Gasteiger partial charge in [0.15, 0.2) is 0 Å². The second-order valence-electron chi connectivity index (χ2n) is 9.98. The Kier molecular flexibility index (Phi) is 7.22. The van der Waals surface area contributed by atoms with E-state index in [9.17, 15) is 14.4 Å². The Morgan fingerprint density at radius 3 is 2.36 bits per heavy atom. The highest BCUT2D eigenvalue weighted by atomic mass is 16.2. The van der Waals surface area contributed by atoms with Crippen molar-refractivity contribution >= 4 is 23.4 Å². The molecular weight excluding hydrogens is 452 g/mol. The molecule has 7 nitrogen and oxygen atoms in total. The van der Waals surface area contributed by atoms with Crippen LogP contribution in [0.15, 0.2) is 72.8 Å². The number of hydrogen-bond acceptors (Lipinski definition) is 4. The fourth-order valence-corrected chi connectivity index (χ4v) is 4.59. The topological polar surface area (TPSA) is 119 Å². The average molecular weight is 485 g/mol. The highest BCUT2D eigenvalue weighted by molar-refractivity contribution is 6.01. The van der Waals surface area contributed by atoms with Gasteiger partial charge in [-0.15, -0.1) is 0 Å². The van der Waals surface area contributed by atoms with Gasteiger partial charge in [0.05, 0.1) is 6.54 Å². The molecule has 3 aromatic rings. The number of nitrogens with zero attached hydrogens (tertiary/aromatic N) is 1. The van der Waals surface area contributed by atoms with Crippen LogP contribution in [0.25, 0.3) is 11.1 Å². The molecule has 3 aromatic carbocycles. The van der Waals surface area contributed by atoms with E-state index in [0.717, 1.165) is 27.9 Å². The third kappa shape index (κ3) is 5.80. The number of anilines is 1. The maximum absolute atomic E-state index is 13.7. The molecule has 7 heteroatoms. The standard InChI is InChI=1S/C29H32N4O3/c1-29(2,31)17-26(34)32-24-16-15-21-7-3-6-10-25(21)33(28(24)36)18-19-11-13-20(14-12-19)22-8-4-5-9-23(22)27(30)35/h3-14,24H,15-18,31H2,1-2H3,(H2,30,35)(H,32,34)/t24-/m1/s1. The predicted octanol–water partition coefficient (Wildman–Crippen LogP) is 3.54. The fraction of sp³-hybridized carbons (Fsp3) is 0.276. The summed E-state index contributed by atoms with van der Waals surface area (Å²) in [6, 6.07) is 22.2. The molecular formula is C29H32N4O3. The lowest BCUT2D eigenvalue weighted by atomic mass is 9.98. The first kappa shape index (κ1) is 25.1. The summed E-state index contributed by atoms with van der Waals surface area (Å²) in [6.45, 7) is 3.92. The number of carbonyl (C=O) groups is 3. The smallest absolute Gasteiger partial charge is 0.249 e. The number of aryl methyl sites for hydroxylation is 1. The third-order valence-electron chi connectivity index (χ3n) is 6.30. The maximum atomic E-state index is 13.7. The Hall–Kier alpha value is -3.97. The molecule has 0 saturated carbocycles. The van der Waals surface area contributed by atoms with Gasteiger partial charge in [-0.2, -0.15) is 0 Å². The summed E-state index contributed by atoms with van der Waals surface area (Å²) in [5, 5.41) is 2.91. The van der Waals surface area contributed by atoms with E-state index in [1.54, 1.807) is 30.9 Å². The molecule has 1 aliphatic heterocycles. The second kappa shape index (κ2) is 10.3. The van der Waals surface area contributed by atoms with Gasteiger partial charge in [0.25, 0.3) is 0 Å². The number of fused-ring (bicyclic) bond motifs is 1. The average Bonchev–Trinajstić information content (AvgIpc) is 2.96. The van der Waals surface area contributed by atoms with Gasteiger partial charge in [-0.3, -0.25) is 14.4 Å². The molecule has 4 rings (SSSR count). The van der Waals surface area contributed by atoms with Crippen molar-refractivity contribution in [1.82, 2.24) is 5.32 Å².